The first kappa shape index (κ1) is 13.8. The predicted molar refractivity (Wildman–Crippen MR) is 85.3 cm³/mol. The van der Waals surface area contributed by atoms with Crippen molar-refractivity contribution in [3.8, 4) is 0 Å². The molecule has 106 valence electrons. The number of aryl methyl sites for hydroxylation is 1. The number of nitrogens with zero attached hydrogens (tertiary/aromatic N) is 1. The highest BCUT2D eigenvalue weighted by atomic mass is 32.1. The second kappa shape index (κ2) is 6.06. The number of fused-ring (bicyclic) bond motifs is 1. The minimum atomic E-state index is 0.510. The van der Waals surface area contributed by atoms with Crippen LogP contribution in [0.15, 0.2) is 29.6 Å². The van der Waals surface area contributed by atoms with E-state index in [1.165, 1.54) is 41.1 Å². The minimum absolute atomic E-state index is 0.510. The van der Waals surface area contributed by atoms with E-state index in [1.807, 2.05) is 11.3 Å². The Morgan fingerprint density at radius 2 is 2.20 bits per heavy atom. The molecule has 2 aromatic rings. The summed E-state index contributed by atoms with van der Waals surface area (Å²) in [6.07, 6.45) is 3.74. The molecule has 1 N–H and O–H groups in total. The van der Waals surface area contributed by atoms with Crippen LogP contribution in [0, 0.1) is 0 Å². The zero-order valence-corrected chi connectivity index (χ0v) is 13.0. The van der Waals surface area contributed by atoms with Crippen LogP contribution in [0.5, 0.6) is 0 Å². The molecule has 0 bridgehead atoms. The molecule has 2 nitrogen and oxygen atoms in total. The monoisotopic (exact) mass is 286 g/mol. The molecule has 1 aliphatic rings. The second-order valence-corrected chi connectivity index (χ2v) is 6.75. The third-order valence-corrected chi connectivity index (χ3v) is 4.94. The van der Waals surface area contributed by atoms with Gasteiger partial charge < -0.3 is 5.32 Å². The maximum absolute atomic E-state index is 4.86. The van der Waals surface area contributed by atoms with E-state index in [0.29, 0.717) is 12.0 Å². The van der Waals surface area contributed by atoms with Gasteiger partial charge in [0.1, 0.15) is 5.01 Å². The molecule has 0 saturated carbocycles. The molecule has 3 heteroatoms. The fourth-order valence-corrected chi connectivity index (χ4v) is 3.85. The number of rotatable bonds is 4. The van der Waals surface area contributed by atoms with Crippen LogP contribution in [0.4, 0.5) is 0 Å². The second-order valence-electron chi connectivity index (χ2n) is 5.86. The van der Waals surface area contributed by atoms with Crippen LogP contribution in [0.1, 0.15) is 54.4 Å². The van der Waals surface area contributed by atoms with Crippen LogP contribution >= 0.6 is 11.3 Å². The van der Waals surface area contributed by atoms with Crippen molar-refractivity contribution in [3.63, 3.8) is 0 Å². The number of hydrogen-bond acceptors (Lipinski definition) is 3. The van der Waals surface area contributed by atoms with Gasteiger partial charge in [-0.25, -0.2) is 4.98 Å². The Bertz CT molecular complexity index is 574. The normalized spacial score (nSPS) is 18.2. The molecule has 0 saturated heterocycles. The van der Waals surface area contributed by atoms with Gasteiger partial charge in [-0.05, 0) is 30.4 Å². The molecule has 3 rings (SSSR count). The van der Waals surface area contributed by atoms with Gasteiger partial charge in [-0.3, -0.25) is 0 Å². The summed E-state index contributed by atoms with van der Waals surface area (Å²) in [4.78, 5) is 4.86. The lowest BCUT2D eigenvalue weighted by Gasteiger charge is -2.23. The summed E-state index contributed by atoms with van der Waals surface area (Å²) >= 11 is 1.82. The van der Waals surface area contributed by atoms with Gasteiger partial charge in [-0.2, -0.15) is 0 Å². The first-order chi connectivity index (χ1) is 9.74. The highest BCUT2D eigenvalue weighted by Gasteiger charge is 2.23. The van der Waals surface area contributed by atoms with Crippen LogP contribution in [0.25, 0.3) is 0 Å². The van der Waals surface area contributed by atoms with Gasteiger partial charge in [0, 0.05) is 23.9 Å². The summed E-state index contributed by atoms with van der Waals surface area (Å²) < 4.78 is 0. The number of benzene rings is 1. The summed E-state index contributed by atoms with van der Waals surface area (Å²) in [7, 11) is 0. The smallest absolute Gasteiger partial charge is 0.100 e. The summed E-state index contributed by atoms with van der Waals surface area (Å²) in [6, 6.07) is 9.38. The van der Waals surface area contributed by atoms with Crippen molar-refractivity contribution in [2.45, 2.75) is 51.6 Å². The molecule has 0 amide bonds. The molecule has 0 aliphatic heterocycles. The molecule has 0 fully saturated rings. The van der Waals surface area contributed by atoms with Gasteiger partial charge in [0.25, 0.3) is 0 Å². The third-order valence-electron chi connectivity index (χ3n) is 3.93. The van der Waals surface area contributed by atoms with E-state index < -0.39 is 0 Å². The van der Waals surface area contributed by atoms with Gasteiger partial charge in [0.15, 0.2) is 0 Å². The van der Waals surface area contributed by atoms with E-state index in [1.54, 1.807) is 0 Å². The minimum Gasteiger partial charge on any atom is -0.309 e. The largest absolute Gasteiger partial charge is 0.309 e. The SMILES string of the molecule is CC(C)NCc1csc(C2CCCc3ccccc32)n1. The first-order valence-electron chi connectivity index (χ1n) is 7.49. The highest BCUT2D eigenvalue weighted by Crippen LogP contribution is 2.37. The van der Waals surface area contributed by atoms with Gasteiger partial charge >= 0.3 is 0 Å². The predicted octanol–water partition coefficient (Wildman–Crippen LogP) is 4.11. The lowest BCUT2D eigenvalue weighted by molar-refractivity contribution is 0.577. The highest BCUT2D eigenvalue weighted by molar-refractivity contribution is 7.09. The van der Waals surface area contributed by atoms with Gasteiger partial charge in [0.05, 0.1) is 5.69 Å². The summed E-state index contributed by atoms with van der Waals surface area (Å²) in [6.45, 7) is 5.22. The van der Waals surface area contributed by atoms with E-state index in [4.69, 9.17) is 4.98 Å². The summed E-state index contributed by atoms with van der Waals surface area (Å²) in [5, 5.41) is 6.94. The average Bonchev–Trinajstić information content (AvgIpc) is 2.93. The van der Waals surface area contributed by atoms with Crippen molar-refractivity contribution >= 4 is 11.3 Å². The zero-order valence-electron chi connectivity index (χ0n) is 12.2. The van der Waals surface area contributed by atoms with Crippen molar-refractivity contribution in [3.05, 3.63) is 51.5 Å². The third kappa shape index (κ3) is 2.94. The Morgan fingerprint density at radius 3 is 3.05 bits per heavy atom. The van der Waals surface area contributed by atoms with Crippen LogP contribution < -0.4 is 5.32 Å². The molecule has 1 aromatic heterocycles. The number of aromatic nitrogens is 1. The standard InChI is InChI=1S/C17H22N2S/c1-12(2)18-10-14-11-20-17(19-14)16-9-5-7-13-6-3-4-8-15(13)16/h3-4,6,8,11-12,16,18H,5,7,9-10H2,1-2H3. The van der Waals surface area contributed by atoms with Crippen LogP contribution in [-0.2, 0) is 13.0 Å². The van der Waals surface area contributed by atoms with Crippen LogP contribution in [-0.4, -0.2) is 11.0 Å². The topological polar surface area (TPSA) is 24.9 Å². The number of thiazole rings is 1. The van der Waals surface area contributed by atoms with Crippen LogP contribution in [0.3, 0.4) is 0 Å². The van der Waals surface area contributed by atoms with E-state index in [0.717, 1.165) is 6.54 Å². The van der Waals surface area contributed by atoms with Gasteiger partial charge in [-0.15, -0.1) is 11.3 Å². The number of hydrogen-bond donors (Lipinski definition) is 1. The van der Waals surface area contributed by atoms with E-state index in [9.17, 15) is 0 Å². The van der Waals surface area contributed by atoms with Gasteiger partial charge in [-0.1, -0.05) is 38.1 Å². The first-order valence-corrected chi connectivity index (χ1v) is 8.37. The summed E-state index contributed by atoms with van der Waals surface area (Å²) in [5.41, 5.74) is 4.19. The molecular formula is C17H22N2S. The van der Waals surface area contributed by atoms with Crippen molar-refractivity contribution < 1.29 is 0 Å². The van der Waals surface area contributed by atoms with Crippen molar-refractivity contribution in [1.82, 2.24) is 10.3 Å². The quantitative estimate of drug-likeness (QED) is 0.915. The fraction of sp³-hybridized carbons (Fsp3) is 0.471. The van der Waals surface area contributed by atoms with E-state index in [-0.39, 0.29) is 0 Å². The lowest BCUT2D eigenvalue weighted by Crippen LogP contribution is -2.22. The molecule has 1 atom stereocenters. The molecule has 1 aromatic carbocycles. The van der Waals surface area contributed by atoms with Crippen molar-refractivity contribution in [1.29, 1.82) is 0 Å². The fourth-order valence-electron chi connectivity index (χ4n) is 2.88. The molecule has 20 heavy (non-hydrogen) atoms. The molecule has 0 radical (unpaired) electrons. The molecule has 1 unspecified atom stereocenters. The number of nitrogens with one attached hydrogen (secondary N) is 1. The summed E-state index contributed by atoms with van der Waals surface area (Å²) in [5.74, 6) is 0.512. The Morgan fingerprint density at radius 1 is 1.35 bits per heavy atom. The Labute approximate surface area is 125 Å². The van der Waals surface area contributed by atoms with Crippen LogP contribution in [0.2, 0.25) is 0 Å². The van der Waals surface area contributed by atoms with Gasteiger partial charge in [0.2, 0.25) is 0 Å². The van der Waals surface area contributed by atoms with Crippen molar-refractivity contribution in [2.75, 3.05) is 0 Å². The average molecular weight is 286 g/mol. The Balaban J connectivity index is 1.80. The Kier molecular flexibility index (Phi) is 4.18. The lowest BCUT2D eigenvalue weighted by atomic mass is 9.83. The van der Waals surface area contributed by atoms with E-state index >= 15 is 0 Å². The molecule has 1 aliphatic carbocycles. The van der Waals surface area contributed by atoms with Crippen molar-refractivity contribution in [2.24, 2.45) is 0 Å². The van der Waals surface area contributed by atoms with E-state index in [2.05, 4.69) is 48.8 Å². The molecular weight excluding hydrogens is 264 g/mol. The maximum atomic E-state index is 4.86. The molecule has 1 heterocycles. The molecule has 0 spiro atoms. The maximum Gasteiger partial charge on any atom is 0.100 e. The zero-order chi connectivity index (χ0) is 13.9. The Hall–Kier alpha value is -1.19.